The standard InChI is InChI=1S/C13H15NO5/c1-17-9-5-3-4-8(13(16)18-2)11(9)19-10-6-7-14-12(10)15/h3-5,10H,6-7H2,1-2H3,(H,14,15). The Morgan fingerprint density at radius 3 is 2.74 bits per heavy atom. The van der Waals surface area contributed by atoms with E-state index in [0.717, 1.165) is 0 Å². The normalized spacial score (nSPS) is 17.8. The van der Waals surface area contributed by atoms with Crippen LogP contribution in [0.5, 0.6) is 11.5 Å². The summed E-state index contributed by atoms with van der Waals surface area (Å²) in [6.07, 6.45) is -0.0583. The first-order valence-electron chi connectivity index (χ1n) is 5.87. The van der Waals surface area contributed by atoms with Crippen LogP contribution in [0.15, 0.2) is 18.2 Å². The summed E-state index contributed by atoms with van der Waals surface area (Å²) in [5, 5.41) is 2.67. The summed E-state index contributed by atoms with van der Waals surface area (Å²) < 4.78 is 15.5. The van der Waals surface area contributed by atoms with Gasteiger partial charge < -0.3 is 19.5 Å². The maximum atomic E-state index is 11.7. The summed E-state index contributed by atoms with van der Waals surface area (Å²) in [7, 11) is 2.76. The number of para-hydroxylation sites is 1. The van der Waals surface area contributed by atoms with Crippen molar-refractivity contribution in [2.45, 2.75) is 12.5 Å². The molecule has 0 spiro atoms. The monoisotopic (exact) mass is 265 g/mol. The lowest BCUT2D eigenvalue weighted by Gasteiger charge is -2.16. The van der Waals surface area contributed by atoms with E-state index in [1.54, 1.807) is 18.2 Å². The molecule has 1 aromatic carbocycles. The van der Waals surface area contributed by atoms with E-state index in [4.69, 9.17) is 14.2 Å². The lowest BCUT2D eigenvalue weighted by Crippen LogP contribution is -2.28. The van der Waals surface area contributed by atoms with Crippen LogP contribution >= 0.6 is 0 Å². The average Bonchev–Trinajstić information content (AvgIpc) is 2.83. The Balaban J connectivity index is 2.35. The van der Waals surface area contributed by atoms with Gasteiger partial charge in [0.1, 0.15) is 5.56 Å². The fraction of sp³-hybridized carbons (Fsp3) is 0.385. The Bertz CT molecular complexity index is 500. The molecule has 0 bridgehead atoms. The first-order chi connectivity index (χ1) is 9.17. The maximum Gasteiger partial charge on any atom is 0.341 e. The van der Waals surface area contributed by atoms with Gasteiger partial charge in [-0.3, -0.25) is 4.79 Å². The fourth-order valence-corrected chi connectivity index (χ4v) is 1.89. The number of hydrogen-bond donors (Lipinski definition) is 1. The number of esters is 1. The molecule has 1 unspecified atom stereocenters. The largest absolute Gasteiger partial charge is 0.493 e. The number of hydrogen-bond acceptors (Lipinski definition) is 5. The molecule has 2 rings (SSSR count). The molecular formula is C13H15NO5. The van der Waals surface area contributed by atoms with Gasteiger partial charge in [0.15, 0.2) is 17.6 Å². The van der Waals surface area contributed by atoms with E-state index in [-0.39, 0.29) is 17.2 Å². The van der Waals surface area contributed by atoms with Gasteiger partial charge in [0.25, 0.3) is 5.91 Å². The molecule has 1 saturated heterocycles. The zero-order valence-electron chi connectivity index (χ0n) is 10.8. The highest BCUT2D eigenvalue weighted by molar-refractivity contribution is 5.94. The number of benzene rings is 1. The fourth-order valence-electron chi connectivity index (χ4n) is 1.89. The van der Waals surface area contributed by atoms with Gasteiger partial charge in [-0.1, -0.05) is 6.07 Å². The van der Waals surface area contributed by atoms with Crippen LogP contribution in [-0.2, 0) is 9.53 Å². The first kappa shape index (κ1) is 13.2. The van der Waals surface area contributed by atoms with Crippen LogP contribution in [0.4, 0.5) is 0 Å². The van der Waals surface area contributed by atoms with Crippen LogP contribution in [0.25, 0.3) is 0 Å². The molecule has 6 nitrogen and oxygen atoms in total. The van der Waals surface area contributed by atoms with Gasteiger partial charge in [-0.25, -0.2) is 4.79 Å². The van der Waals surface area contributed by atoms with Crippen LogP contribution in [0, 0.1) is 0 Å². The number of rotatable bonds is 4. The van der Waals surface area contributed by atoms with Crippen molar-refractivity contribution in [3.8, 4) is 11.5 Å². The Kier molecular flexibility index (Phi) is 3.89. The Morgan fingerprint density at radius 2 is 2.16 bits per heavy atom. The molecule has 1 aromatic rings. The molecule has 102 valence electrons. The van der Waals surface area contributed by atoms with Crippen LogP contribution in [0.2, 0.25) is 0 Å². The zero-order chi connectivity index (χ0) is 13.8. The molecule has 1 atom stereocenters. The van der Waals surface area contributed by atoms with Crippen molar-refractivity contribution in [2.75, 3.05) is 20.8 Å². The second kappa shape index (κ2) is 5.60. The van der Waals surface area contributed by atoms with E-state index >= 15 is 0 Å². The van der Waals surface area contributed by atoms with Gasteiger partial charge in [0.2, 0.25) is 0 Å². The third-order valence-corrected chi connectivity index (χ3v) is 2.86. The predicted molar refractivity (Wildman–Crippen MR) is 66.4 cm³/mol. The molecule has 1 amide bonds. The van der Waals surface area contributed by atoms with E-state index in [0.29, 0.717) is 18.7 Å². The summed E-state index contributed by atoms with van der Waals surface area (Å²) >= 11 is 0. The lowest BCUT2D eigenvalue weighted by molar-refractivity contribution is -0.124. The Morgan fingerprint density at radius 1 is 1.37 bits per heavy atom. The van der Waals surface area contributed by atoms with Crippen molar-refractivity contribution in [3.05, 3.63) is 23.8 Å². The Labute approximate surface area is 110 Å². The van der Waals surface area contributed by atoms with Gasteiger partial charge in [0, 0.05) is 13.0 Å². The van der Waals surface area contributed by atoms with Crippen LogP contribution in [0.1, 0.15) is 16.8 Å². The molecule has 1 N–H and O–H groups in total. The molecule has 1 aliphatic rings. The minimum absolute atomic E-state index is 0.193. The van der Waals surface area contributed by atoms with Crippen molar-refractivity contribution in [3.63, 3.8) is 0 Å². The molecular weight excluding hydrogens is 250 g/mol. The minimum Gasteiger partial charge on any atom is -0.493 e. The summed E-state index contributed by atoms with van der Waals surface area (Å²) in [4.78, 5) is 23.2. The number of nitrogens with one attached hydrogen (secondary N) is 1. The Hall–Kier alpha value is -2.24. The summed E-state index contributed by atoms with van der Waals surface area (Å²) in [6.45, 7) is 0.562. The third kappa shape index (κ3) is 2.62. The zero-order valence-corrected chi connectivity index (χ0v) is 10.8. The van der Waals surface area contributed by atoms with Crippen molar-refractivity contribution >= 4 is 11.9 Å². The van der Waals surface area contributed by atoms with Gasteiger partial charge in [-0.05, 0) is 12.1 Å². The average molecular weight is 265 g/mol. The second-order valence-electron chi connectivity index (χ2n) is 4.01. The van der Waals surface area contributed by atoms with Crippen molar-refractivity contribution in [2.24, 2.45) is 0 Å². The molecule has 0 saturated carbocycles. The summed E-state index contributed by atoms with van der Waals surface area (Å²) in [5.74, 6) is -0.101. The number of carbonyl (C=O) groups is 2. The van der Waals surface area contributed by atoms with Crippen LogP contribution in [-0.4, -0.2) is 38.7 Å². The van der Waals surface area contributed by atoms with Gasteiger partial charge in [0.05, 0.1) is 14.2 Å². The summed E-state index contributed by atoms with van der Waals surface area (Å²) in [6, 6.07) is 4.89. The first-order valence-corrected chi connectivity index (χ1v) is 5.87. The van der Waals surface area contributed by atoms with Crippen LogP contribution in [0.3, 0.4) is 0 Å². The van der Waals surface area contributed by atoms with Crippen LogP contribution < -0.4 is 14.8 Å². The number of carbonyl (C=O) groups excluding carboxylic acids is 2. The van der Waals surface area contributed by atoms with Crippen molar-refractivity contribution in [1.29, 1.82) is 0 Å². The van der Waals surface area contributed by atoms with Gasteiger partial charge >= 0.3 is 5.97 Å². The molecule has 0 radical (unpaired) electrons. The number of ether oxygens (including phenoxy) is 3. The molecule has 0 aromatic heterocycles. The van der Waals surface area contributed by atoms with E-state index in [1.165, 1.54) is 14.2 Å². The summed E-state index contributed by atoms with van der Waals surface area (Å²) in [5.41, 5.74) is 0.238. The lowest BCUT2D eigenvalue weighted by atomic mass is 10.1. The van der Waals surface area contributed by atoms with Crippen molar-refractivity contribution < 1.29 is 23.8 Å². The van der Waals surface area contributed by atoms with Crippen molar-refractivity contribution in [1.82, 2.24) is 5.32 Å². The minimum atomic E-state index is -0.611. The highest BCUT2D eigenvalue weighted by atomic mass is 16.5. The SMILES string of the molecule is COC(=O)c1cccc(OC)c1OC1CCNC1=O. The maximum absolute atomic E-state index is 11.7. The highest BCUT2D eigenvalue weighted by Gasteiger charge is 2.29. The smallest absolute Gasteiger partial charge is 0.341 e. The topological polar surface area (TPSA) is 73.9 Å². The molecule has 1 fully saturated rings. The quantitative estimate of drug-likeness (QED) is 0.813. The van der Waals surface area contributed by atoms with E-state index in [2.05, 4.69) is 5.32 Å². The molecule has 6 heteroatoms. The van der Waals surface area contributed by atoms with E-state index in [9.17, 15) is 9.59 Å². The number of methoxy groups -OCH3 is 2. The molecule has 1 heterocycles. The molecule has 0 aliphatic carbocycles. The number of amides is 1. The second-order valence-corrected chi connectivity index (χ2v) is 4.01. The van der Waals surface area contributed by atoms with Gasteiger partial charge in [-0.2, -0.15) is 0 Å². The predicted octanol–water partition coefficient (Wildman–Crippen LogP) is 0.749. The highest BCUT2D eigenvalue weighted by Crippen LogP contribution is 2.33. The molecule has 19 heavy (non-hydrogen) atoms. The van der Waals surface area contributed by atoms with E-state index in [1.807, 2.05) is 0 Å². The third-order valence-electron chi connectivity index (χ3n) is 2.86. The molecule has 1 aliphatic heterocycles. The van der Waals surface area contributed by atoms with Gasteiger partial charge in [-0.15, -0.1) is 0 Å². The van der Waals surface area contributed by atoms with E-state index < -0.39 is 12.1 Å².